The van der Waals surface area contributed by atoms with E-state index in [1.807, 2.05) is 16.7 Å². The highest BCUT2D eigenvalue weighted by Gasteiger charge is 2.20. The summed E-state index contributed by atoms with van der Waals surface area (Å²) in [4.78, 5) is 16.5. The Morgan fingerprint density at radius 3 is 2.74 bits per heavy atom. The number of benzene rings is 1. The summed E-state index contributed by atoms with van der Waals surface area (Å²) in [7, 11) is 0. The molecule has 2 aromatic heterocycles. The first kappa shape index (κ1) is 19.0. The average Bonchev–Trinajstić information content (AvgIpc) is 3.05. The van der Waals surface area contributed by atoms with Gasteiger partial charge in [0.15, 0.2) is 11.0 Å². The molecule has 0 bridgehead atoms. The molecule has 0 aliphatic heterocycles. The number of hydrogen-bond donors (Lipinski definition) is 1. The second kappa shape index (κ2) is 8.77. The Hall–Kier alpha value is -2.74. The van der Waals surface area contributed by atoms with Crippen molar-refractivity contribution in [3.05, 3.63) is 54.6 Å². The molecule has 8 heteroatoms. The lowest BCUT2D eigenvalue weighted by Gasteiger charge is -2.13. The third kappa shape index (κ3) is 4.71. The number of nitrogens with one attached hydrogen (secondary N) is 1. The van der Waals surface area contributed by atoms with Crippen LogP contribution in [0.1, 0.15) is 20.3 Å². The molecule has 140 valence electrons. The summed E-state index contributed by atoms with van der Waals surface area (Å²) in [5.74, 6) is 0.138. The molecule has 0 aliphatic rings. The fraction of sp³-hybridized carbons (Fsp3) is 0.263. The van der Waals surface area contributed by atoms with E-state index in [1.54, 1.807) is 31.5 Å². The minimum Gasteiger partial charge on any atom is -0.325 e. The normalized spacial score (nSPS) is 12.0. The summed E-state index contributed by atoms with van der Waals surface area (Å²) in [6.07, 6.45) is 4.33. The van der Waals surface area contributed by atoms with Gasteiger partial charge in [0.1, 0.15) is 5.82 Å². The van der Waals surface area contributed by atoms with Crippen molar-refractivity contribution < 1.29 is 9.18 Å². The van der Waals surface area contributed by atoms with Gasteiger partial charge in [-0.05, 0) is 43.7 Å². The Labute approximate surface area is 161 Å². The van der Waals surface area contributed by atoms with Crippen LogP contribution < -0.4 is 5.32 Å². The molecule has 0 spiro atoms. The van der Waals surface area contributed by atoms with Crippen molar-refractivity contribution >= 4 is 23.4 Å². The molecule has 3 rings (SSSR count). The molecular formula is C19H20FN5OS. The molecule has 1 amide bonds. The Morgan fingerprint density at radius 2 is 2.04 bits per heavy atom. The van der Waals surface area contributed by atoms with Gasteiger partial charge in [-0.2, -0.15) is 0 Å². The van der Waals surface area contributed by atoms with E-state index in [9.17, 15) is 9.18 Å². The number of aromatic nitrogens is 4. The number of anilines is 1. The van der Waals surface area contributed by atoms with Gasteiger partial charge in [-0.1, -0.05) is 24.8 Å². The minimum absolute atomic E-state index is 0.220. The van der Waals surface area contributed by atoms with Crippen LogP contribution in [0.4, 0.5) is 10.1 Å². The van der Waals surface area contributed by atoms with Crippen molar-refractivity contribution in [2.75, 3.05) is 5.32 Å². The van der Waals surface area contributed by atoms with Crippen molar-refractivity contribution in [3.8, 4) is 11.4 Å². The summed E-state index contributed by atoms with van der Waals surface area (Å²) < 4.78 is 15.3. The van der Waals surface area contributed by atoms with Crippen LogP contribution in [0, 0.1) is 5.82 Å². The zero-order valence-corrected chi connectivity index (χ0v) is 15.9. The quantitative estimate of drug-likeness (QED) is 0.622. The first-order valence-corrected chi connectivity index (χ1v) is 9.53. The molecule has 0 radical (unpaired) electrons. The van der Waals surface area contributed by atoms with Gasteiger partial charge in [0.25, 0.3) is 0 Å². The Bertz CT molecular complexity index is 915. The second-order valence-corrected chi connectivity index (χ2v) is 7.26. The second-order valence-electron chi connectivity index (χ2n) is 5.95. The Morgan fingerprint density at radius 1 is 1.26 bits per heavy atom. The summed E-state index contributed by atoms with van der Waals surface area (Å²) in [6.45, 7) is 4.60. The lowest BCUT2D eigenvalue weighted by atomic mass is 10.2. The molecule has 6 nitrogen and oxygen atoms in total. The van der Waals surface area contributed by atoms with Crippen LogP contribution >= 0.6 is 11.8 Å². The molecule has 1 atom stereocenters. The van der Waals surface area contributed by atoms with Crippen LogP contribution in [0.5, 0.6) is 0 Å². The molecule has 0 unspecified atom stereocenters. The maximum atomic E-state index is 13.3. The molecular weight excluding hydrogens is 365 g/mol. The third-order valence-electron chi connectivity index (χ3n) is 3.85. The molecule has 3 aromatic rings. The Kier molecular flexibility index (Phi) is 6.18. The van der Waals surface area contributed by atoms with E-state index in [0.29, 0.717) is 10.8 Å². The highest BCUT2D eigenvalue weighted by atomic mass is 32.2. The number of carbonyl (C=O) groups excluding carboxylic acids is 1. The third-order valence-corrected chi connectivity index (χ3v) is 4.93. The predicted octanol–water partition coefficient (Wildman–Crippen LogP) is 4.01. The number of pyridine rings is 1. The van der Waals surface area contributed by atoms with Gasteiger partial charge in [-0.3, -0.25) is 9.78 Å². The number of rotatable bonds is 7. The highest BCUT2D eigenvalue weighted by Crippen LogP contribution is 2.27. The minimum atomic E-state index is -0.418. The number of thioether (sulfide) groups is 1. The fourth-order valence-corrected chi connectivity index (χ4v) is 3.41. The van der Waals surface area contributed by atoms with Crippen molar-refractivity contribution in [1.82, 2.24) is 19.7 Å². The van der Waals surface area contributed by atoms with Crippen LogP contribution in [0.15, 0.2) is 53.9 Å². The zero-order valence-electron chi connectivity index (χ0n) is 15.1. The summed E-state index contributed by atoms with van der Waals surface area (Å²) in [6, 6.07) is 9.59. The maximum absolute atomic E-state index is 13.3. The van der Waals surface area contributed by atoms with Crippen molar-refractivity contribution in [2.45, 2.75) is 37.2 Å². The van der Waals surface area contributed by atoms with Crippen LogP contribution in [0.3, 0.4) is 0 Å². The average molecular weight is 385 g/mol. The molecule has 0 saturated carbocycles. The Balaban J connectivity index is 1.76. The summed E-state index contributed by atoms with van der Waals surface area (Å²) >= 11 is 1.33. The van der Waals surface area contributed by atoms with Crippen molar-refractivity contribution in [1.29, 1.82) is 0 Å². The molecule has 0 saturated heterocycles. The first-order chi connectivity index (χ1) is 13.1. The summed E-state index contributed by atoms with van der Waals surface area (Å²) in [5.41, 5.74) is 1.36. The number of carbonyl (C=O) groups is 1. The molecule has 27 heavy (non-hydrogen) atoms. The SMILES string of the molecule is CCCn1c(S[C@H](C)C(=O)Nc2cccc(F)c2)nnc1-c1ccncc1. The van der Waals surface area contributed by atoms with Crippen LogP contribution in [0.2, 0.25) is 0 Å². The van der Waals surface area contributed by atoms with Crippen molar-refractivity contribution in [2.24, 2.45) is 0 Å². The molecule has 0 aliphatic carbocycles. The van der Waals surface area contributed by atoms with E-state index >= 15 is 0 Å². The van der Waals surface area contributed by atoms with Crippen LogP contribution in [0.25, 0.3) is 11.4 Å². The van der Waals surface area contributed by atoms with E-state index in [4.69, 9.17) is 0 Å². The smallest absolute Gasteiger partial charge is 0.237 e. The van der Waals surface area contributed by atoms with Gasteiger partial charge in [0.2, 0.25) is 5.91 Å². The van der Waals surface area contributed by atoms with Gasteiger partial charge in [0, 0.05) is 30.2 Å². The van der Waals surface area contributed by atoms with E-state index in [-0.39, 0.29) is 5.91 Å². The maximum Gasteiger partial charge on any atom is 0.237 e. The standard InChI is InChI=1S/C19H20FN5OS/c1-3-11-25-17(14-7-9-21-10-8-14)23-24-19(25)27-13(2)18(26)22-16-6-4-5-15(20)12-16/h4-10,12-13H,3,11H2,1-2H3,(H,22,26)/t13-/m1/s1. The first-order valence-electron chi connectivity index (χ1n) is 8.65. The lowest BCUT2D eigenvalue weighted by molar-refractivity contribution is -0.115. The highest BCUT2D eigenvalue weighted by molar-refractivity contribution is 8.00. The van der Waals surface area contributed by atoms with Crippen LogP contribution in [-0.4, -0.2) is 30.9 Å². The largest absolute Gasteiger partial charge is 0.325 e. The molecule has 1 N–H and O–H groups in total. The van der Waals surface area contributed by atoms with Crippen molar-refractivity contribution in [3.63, 3.8) is 0 Å². The van der Waals surface area contributed by atoms with Gasteiger partial charge < -0.3 is 9.88 Å². The van der Waals surface area contributed by atoms with Gasteiger partial charge >= 0.3 is 0 Å². The topological polar surface area (TPSA) is 72.7 Å². The lowest BCUT2D eigenvalue weighted by Crippen LogP contribution is -2.23. The van der Waals surface area contributed by atoms with E-state index in [1.165, 1.54) is 23.9 Å². The van der Waals surface area contributed by atoms with E-state index in [0.717, 1.165) is 24.4 Å². The van der Waals surface area contributed by atoms with Gasteiger partial charge in [-0.25, -0.2) is 4.39 Å². The number of amides is 1. The monoisotopic (exact) mass is 385 g/mol. The fourth-order valence-electron chi connectivity index (χ4n) is 2.54. The molecule has 0 fully saturated rings. The predicted molar refractivity (Wildman–Crippen MR) is 104 cm³/mol. The van der Waals surface area contributed by atoms with Gasteiger partial charge in [0.05, 0.1) is 5.25 Å². The summed E-state index contributed by atoms with van der Waals surface area (Å²) in [5, 5.41) is 11.5. The molecule has 1 aromatic carbocycles. The number of halogens is 1. The van der Waals surface area contributed by atoms with Crippen LogP contribution in [-0.2, 0) is 11.3 Å². The van der Waals surface area contributed by atoms with E-state index < -0.39 is 11.1 Å². The zero-order chi connectivity index (χ0) is 19.2. The van der Waals surface area contributed by atoms with E-state index in [2.05, 4.69) is 27.4 Å². The molecule has 2 heterocycles. The number of nitrogens with zero attached hydrogens (tertiary/aromatic N) is 4. The number of hydrogen-bond acceptors (Lipinski definition) is 5. The van der Waals surface area contributed by atoms with Gasteiger partial charge in [-0.15, -0.1) is 10.2 Å².